The zero-order chi connectivity index (χ0) is 71.9. The van der Waals surface area contributed by atoms with Gasteiger partial charge in [0.2, 0.25) is 0 Å². The van der Waals surface area contributed by atoms with E-state index < -0.39 is 97.5 Å². The summed E-state index contributed by atoms with van der Waals surface area (Å²) in [6, 6.07) is 0. The van der Waals surface area contributed by atoms with Gasteiger partial charge in [0, 0.05) is 25.7 Å². The van der Waals surface area contributed by atoms with E-state index in [1.54, 1.807) is 0 Å². The monoisotopic (exact) mass is 1440 g/mol. The molecule has 0 aromatic heterocycles. The van der Waals surface area contributed by atoms with Crippen molar-refractivity contribution in [2.75, 3.05) is 39.6 Å². The molecule has 0 bridgehead atoms. The summed E-state index contributed by atoms with van der Waals surface area (Å²) in [4.78, 5) is 72.9. The summed E-state index contributed by atoms with van der Waals surface area (Å²) in [5, 5.41) is 10.6. The molecule has 3 N–H and O–H groups in total. The highest BCUT2D eigenvalue weighted by Gasteiger charge is 2.30. The number of hydrogen-bond acceptors (Lipinski definition) is 15. The fourth-order valence-corrected chi connectivity index (χ4v) is 13.8. The molecule has 98 heavy (non-hydrogen) atoms. The average molecular weight is 1440 g/mol. The third-order valence-electron chi connectivity index (χ3n) is 18.5. The van der Waals surface area contributed by atoms with E-state index in [4.69, 9.17) is 37.0 Å². The third-order valence-corrected chi connectivity index (χ3v) is 20.4. The number of carbonyl (C=O) groups excluding carboxylic acids is 4. The Labute approximate surface area is 600 Å². The van der Waals surface area contributed by atoms with Crippen LogP contribution in [0, 0.1) is 5.92 Å². The summed E-state index contributed by atoms with van der Waals surface area (Å²) < 4.78 is 68.6. The molecule has 0 rings (SSSR count). The summed E-state index contributed by atoms with van der Waals surface area (Å²) in [6.45, 7) is 7.31. The fourth-order valence-electron chi connectivity index (χ4n) is 12.2. The maximum absolute atomic E-state index is 13.1. The van der Waals surface area contributed by atoms with Crippen LogP contribution in [0.5, 0.6) is 0 Å². The summed E-state index contributed by atoms with van der Waals surface area (Å²) in [7, 11) is -9.91. The molecule has 0 aromatic rings. The van der Waals surface area contributed by atoms with E-state index in [0.29, 0.717) is 25.7 Å². The highest BCUT2D eigenvalue weighted by molar-refractivity contribution is 7.47. The molecular weight excluding hydrogens is 1280 g/mol. The van der Waals surface area contributed by atoms with Crippen LogP contribution in [0.1, 0.15) is 420 Å². The summed E-state index contributed by atoms with van der Waals surface area (Å²) >= 11 is 0. The number of unbranched alkanes of at least 4 members (excludes halogenated alkanes) is 51. The van der Waals surface area contributed by atoms with Gasteiger partial charge < -0.3 is 33.8 Å². The first-order valence-corrected chi connectivity index (χ1v) is 44.1. The molecule has 5 atom stereocenters. The quantitative estimate of drug-likeness (QED) is 0.0222. The number of phosphoric ester groups is 2. The molecular formula is C79H154O17P2. The average Bonchev–Trinajstić information content (AvgIpc) is 1.07. The maximum atomic E-state index is 13.1. The van der Waals surface area contributed by atoms with Crippen LogP contribution in [-0.2, 0) is 65.4 Å². The van der Waals surface area contributed by atoms with Gasteiger partial charge in [0.05, 0.1) is 26.4 Å². The molecule has 0 radical (unpaired) electrons. The van der Waals surface area contributed by atoms with E-state index >= 15 is 0 Å². The Kier molecular flexibility index (Phi) is 70.6. The molecule has 0 amide bonds. The van der Waals surface area contributed by atoms with Crippen molar-refractivity contribution in [2.24, 2.45) is 5.92 Å². The lowest BCUT2D eigenvalue weighted by molar-refractivity contribution is -0.161. The zero-order valence-electron chi connectivity index (χ0n) is 63.9. The Morgan fingerprint density at radius 2 is 0.469 bits per heavy atom. The van der Waals surface area contributed by atoms with Gasteiger partial charge in [-0.3, -0.25) is 37.3 Å². The first-order chi connectivity index (χ1) is 47.5. The lowest BCUT2D eigenvalue weighted by atomic mass is 10.0. The molecule has 0 aliphatic carbocycles. The van der Waals surface area contributed by atoms with Crippen LogP contribution < -0.4 is 0 Å². The van der Waals surface area contributed by atoms with Gasteiger partial charge in [-0.1, -0.05) is 369 Å². The van der Waals surface area contributed by atoms with Crippen LogP contribution in [0.15, 0.2) is 0 Å². The minimum absolute atomic E-state index is 0.107. The van der Waals surface area contributed by atoms with Gasteiger partial charge >= 0.3 is 39.5 Å². The minimum Gasteiger partial charge on any atom is -0.462 e. The third kappa shape index (κ3) is 72.4. The van der Waals surface area contributed by atoms with Gasteiger partial charge in [0.1, 0.15) is 19.3 Å². The lowest BCUT2D eigenvalue weighted by Crippen LogP contribution is -2.30. The molecule has 0 spiro atoms. The number of ether oxygens (including phenoxy) is 4. The van der Waals surface area contributed by atoms with Crippen molar-refractivity contribution >= 4 is 39.5 Å². The number of aliphatic hydroxyl groups is 1. The highest BCUT2D eigenvalue weighted by atomic mass is 31.2. The summed E-state index contributed by atoms with van der Waals surface area (Å²) in [5.41, 5.74) is 0. The van der Waals surface area contributed by atoms with E-state index in [9.17, 15) is 43.2 Å². The van der Waals surface area contributed by atoms with E-state index in [1.807, 2.05) is 0 Å². The van der Waals surface area contributed by atoms with Crippen molar-refractivity contribution in [3.63, 3.8) is 0 Å². The molecule has 0 aromatic carbocycles. The zero-order valence-corrected chi connectivity index (χ0v) is 65.7. The van der Waals surface area contributed by atoms with E-state index in [1.165, 1.54) is 244 Å². The molecule has 582 valence electrons. The second kappa shape index (κ2) is 72.0. The summed E-state index contributed by atoms with van der Waals surface area (Å²) in [5.74, 6) is -1.33. The molecule has 0 fully saturated rings. The second-order valence-electron chi connectivity index (χ2n) is 28.9. The normalized spacial score (nSPS) is 13.9. The van der Waals surface area contributed by atoms with Crippen molar-refractivity contribution in [1.82, 2.24) is 0 Å². The van der Waals surface area contributed by atoms with Crippen LogP contribution in [0.25, 0.3) is 0 Å². The summed E-state index contributed by atoms with van der Waals surface area (Å²) in [6.07, 6.45) is 62.5. The molecule has 2 unspecified atom stereocenters. The van der Waals surface area contributed by atoms with Gasteiger partial charge in [0.25, 0.3) is 0 Å². The lowest BCUT2D eigenvalue weighted by Gasteiger charge is -2.21. The van der Waals surface area contributed by atoms with E-state index in [2.05, 4.69) is 34.6 Å². The topological polar surface area (TPSA) is 237 Å². The Balaban J connectivity index is 5.18. The predicted octanol–water partition coefficient (Wildman–Crippen LogP) is 23.6. The molecule has 19 heteroatoms. The smallest absolute Gasteiger partial charge is 0.462 e. The first-order valence-electron chi connectivity index (χ1n) is 41.1. The Bertz CT molecular complexity index is 1870. The van der Waals surface area contributed by atoms with Crippen molar-refractivity contribution in [3.05, 3.63) is 0 Å². The second-order valence-corrected chi connectivity index (χ2v) is 31.8. The SMILES string of the molecule is CCCCCCCCCCCCCCCCCCCCCCCCC(=O)O[C@H](COC(=O)CCCCCCCCCCCCCCC(C)C)COP(=O)(O)OC[C@@H](O)COP(=O)(O)OC[C@@H](COC(=O)CCCCCCCCCCCC)OC(=O)CCCCCCCCCCCCC. The van der Waals surface area contributed by atoms with Crippen LogP contribution in [0.4, 0.5) is 0 Å². The number of phosphoric acid groups is 2. The van der Waals surface area contributed by atoms with E-state index in [-0.39, 0.29) is 25.7 Å². The van der Waals surface area contributed by atoms with Crippen molar-refractivity contribution in [3.8, 4) is 0 Å². The highest BCUT2D eigenvalue weighted by Crippen LogP contribution is 2.45. The van der Waals surface area contributed by atoms with Crippen molar-refractivity contribution < 1.29 is 80.2 Å². The molecule has 0 heterocycles. The van der Waals surface area contributed by atoms with Gasteiger partial charge in [-0.2, -0.15) is 0 Å². The van der Waals surface area contributed by atoms with Crippen LogP contribution in [0.2, 0.25) is 0 Å². The fraction of sp³-hybridized carbons (Fsp3) is 0.949. The number of aliphatic hydroxyl groups excluding tert-OH is 1. The minimum atomic E-state index is -4.96. The van der Waals surface area contributed by atoms with E-state index in [0.717, 1.165) is 95.8 Å². The predicted molar refractivity (Wildman–Crippen MR) is 400 cm³/mol. The van der Waals surface area contributed by atoms with Crippen molar-refractivity contribution in [1.29, 1.82) is 0 Å². The van der Waals surface area contributed by atoms with Gasteiger partial charge in [-0.15, -0.1) is 0 Å². The largest absolute Gasteiger partial charge is 0.472 e. The Morgan fingerprint density at radius 3 is 0.694 bits per heavy atom. The molecule has 0 aliphatic heterocycles. The van der Waals surface area contributed by atoms with Crippen LogP contribution in [-0.4, -0.2) is 96.7 Å². The van der Waals surface area contributed by atoms with Crippen LogP contribution in [0.3, 0.4) is 0 Å². The number of hydrogen-bond donors (Lipinski definition) is 3. The van der Waals surface area contributed by atoms with Gasteiger partial charge in [-0.05, 0) is 31.6 Å². The molecule has 0 saturated heterocycles. The molecule has 0 saturated carbocycles. The molecule has 0 aliphatic rings. The number of carbonyl (C=O) groups is 4. The maximum Gasteiger partial charge on any atom is 0.472 e. The Morgan fingerprint density at radius 1 is 0.276 bits per heavy atom. The van der Waals surface area contributed by atoms with Gasteiger partial charge in [0.15, 0.2) is 12.2 Å². The molecule has 17 nitrogen and oxygen atoms in total. The van der Waals surface area contributed by atoms with Crippen LogP contribution >= 0.6 is 15.6 Å². The van der Waals surface area contributed by atoms with Gasteiger partial charge in [-0.25, -0.2) is 9.13 Å². The van der Waals surface area contributed by atoms with Crippen molar-refractivity contribution in [2.45, 2.75) is 438 Å². The first kappa shape index (κ1) is 96.1. The number of rotatable bonds is 79. The Hall–Kier alpha value is -1.94. The number of esters is 4. The standard InChI is InChI=1S/C79H154O17P2/c1-6-9-12-15-18-21-24-25-26-27-28-29-30-31-32-33-34-40-45-50-55-60-65-79(84)96-75(69-90-77(82)63-58-53-48-43-39-36-35-38-41-46-51-56-61-72(4)5)71-94-98(87,88)92-67-73(80)66-91-97(85,86)93-70-74(68-89-76(81)62-57-52-47-42-23-20-17-14-11-8-3)95-78(83)64-59-54-49-44-37-22-19-16-13-10-7-2/h72-75,80H,6-71H2,1-5H3,(H,85,86)(H,87,88)/t73-,74+,75+/m0/s1.